The van der Waals surface area contributed by atoms with E-state index in [1.165, 1.54) is 0 Å². The van der Waals surface area contributed by atoms with Crippen molar-refractivity contribution in [2.45, 2.75) is 25.1 Å². The molecular formula is C14H20ClN3OS. The highest BCUT2D eigenvalue weighted by Crippen LogP contribution is 2.25. The molecule has 1 aliphatic rings. The topological polar surface area (TPSA) is 58.4 Å². The molecule has 1 amide bonds. The summed E-state index contributed by atoms with van der Waals surface area (Å²) in [4.78, 5) is 14.3. The van der Waals surface area contributed by atoms with Crippen LogP contribution in [0.2, 0.25) is 5.02 Å². The summed E-state index contributed by atoms with van der Waals surface area (Å²) in [5.74, 6) is 1.06. The van der Waals surface area contributed by atoms with Gasteiger partial charge in [0, 0.05) is 29.3 Å². The Morgan fingerprint density at radius 2 is 2.30 bits per heavy atom. The van der Waals surface area contributed by atoms with Crippen molar-refractivity contribution in [2.24, 2.45) is 0 Å². The van der Waals surface area contributed by atoms with Crippen molar-refractivity contribution in [3.63, 3.8) is 0 Å². The maximum absolute atomic E-state index is 12.1. The lowest BCUT2D eigenvalue weighted by atomic mass is 10.2. The SMILES string of the molecule is CC1SCCN(CC(=O)Nc2ccc(Cl)c(N)c2)C1C. The first-order valence-corrected chi connectivity index (χ1v) is 8.10. The van der Waals surface area contributed by atoms with E-state index in [0.717, 1.165) is 12.3 Å². The third kappa shape index (κ3) is 3.81. The number of carbonyl (C=O) groups is 1. The zero-order chi connectivity index (χ0) is 14.7. The van der Waals surface area contributed by atoms with Gasteiger partial charge in [-0.1, -0.05) is 18.5 Å². The van der Waals surface area contributed by atoms with Crippen LogP contribution in [0, 0.1) is 0 Å². The average molecular weight is 314 g/mol. The average Bonchev–Trinajstić information content (AvgIpc) is 2.39. The molecule has 1 aliphatic heterocycles. The predicted molar refractivity (Wildman–Crippen MR) is 87.4 cm³/mol. The molecule has 2 atom stereocenters. The van der Waals surface area contributed by atoms with Gasteiger partial charge in [-0.25, -0.2) is 0 Å². The molecule has 1 aromatic rings. The zero-order valence-electron chi connectivity index (χ0n) is 11.7. The third-order valence-electron chi connectivity index (χ3n) is 3.64. The lowest BCUT2D eigenvalue weighted by Gasteiger charge is -2.36. The summed E-state index contributed by atoms with van der Waals surface area (Å²) >= 11 is 7.82. The molecule has 6 heteroatoms. The summed E-state index contributed by atoms with van der Waals surface area (Å²) in [6, 6.07) is 5.54. The molecule has 0 radical (unpaired) electrons. The van der Waals surface area contributed by atoms with E-state index in [2.05, 4.69) is 24.1 Å². The van der Waals surface area contributed by atoms with Crippen LogP contribution in [0.3, 0.4) is 0 Å². The summed E-state index contributed by atoms with van der Waals surface area (Å²) < 4.78 is 0. The van der Waals surface area contributed by atoms with Gasteiger partial charge in [-0.3, -0.25) is 9.69 Å². The van der Waals surface area contributed by atoms with Crippen LogP contribution in [0.4, 0.5) is 11.4 Å². The fraction of sp³-hybridized carbons (Fsp3) is 0.500. The van der Waals surface area contributed by atoms with Crippen molar-refractivity contribution in [3.05, 3.63) is 23.2 Å². The molecule has 2 rings (SSSR count). The summed E-state index contributed by atoms with van der Waals surface area (Å²) in [7, 11) is 0. The smallest absolute Gasteiger partial charge is 0.238 e. The number of benzene rings is 1. The van der Waals surface area contributed by atoms with Crippen molar-refractivity contribution in [2.75, 3.05) is 29.9 Å². The second-order valence-electron chi connectivity index (χ2n) is 5.07. The first-order chi connectivity index (χ1) is 9.47. The molecule has 0 aliphatic carbocycles. The molecule has 0 aromatic heterocycles. The van der Waals surface area contributed by atoms with E-state index >= 15 is 0 Å². The van der Waals surface area contributed by atoms with Gasteiger partial charge in [-0.15, -0.1) is 0 Å². The van der Waals surface area contributed by atoms with Crippen LogP contribution in [-0.2, 0) is 4.79 Å². The van der Waals surface area contributed by atoms with E-state index in [4.69, 9.17) is 17.3 Å². The molecule has 0 bridgehead atoms. The van der Waals surface area contributed by atoms with E-state index in [1.807, 2.05) is 11.8 Å². The van der Waals surface area contributed by atoms with E-state index in [0.29, 0.717) is 34.2 Å². The van der Waals surface area contributed by atoms with Crippen molar-refractivity contribution in [1.29, 1.82) is 0 Å². The van der Waals surface area contributed by atoms with Gasteiger partial charge in [-0.05, 0) is 25.1 Å². The molecule has 110 valence electrons. The first kappa shape index (κ1) is 15.5. The van der Waals surface area contributed by atoms with Gasteiger partial charge in [0.15, 0.2) is 0 Å². The van der Waals surface area contributed by atoms with Crippen LogP contribution in [0.1, 0.15) is 13.8 Å². The van der Waals surface area contributed by atoms with Gasteiger partial charge in [0.05, 0.1) is 17.3 Å². The minimum atomic E-state index is -0.0160. The number of nitrogens with one attached hydrogen (secondary N) is 1. The number of halogens is 1. The Labute approximate surface area is 129 Å². The summed E-state index contributed by atoms with van der Waals surface area (Å²) in [5.41, 5.74) is 6.88. The number of rotatable bonds is 3. The van der Waals surface area contributed by atoms with Crippen LogP contribution in [-0.4, -0.2) is 40.9 Å². The van der Waals surface area contributed by atoms with Crippen LogP contribution >= 0.6 is 23.4 Å². The number of thioether (sulfide) groups is 1. The molecule has 1 heterocycles. The van der Waals surface area contributed by atoms with Gasteiger partial charge in [0.25, 0.3) is 0 Å². The number of hydrogen-bond donors (Lipinski definition) is 2. The number of hydrogen-bond acceptors (Lipinski definition) is 4. The number of carbonyl (C=O) groups excluding carboxylic acids is 1. The third-order valence-corrected chi connectivity index (χ3v) is 5.32. The summed E-state index contributed by atoms with van der Waals surface area (Å²) in [5, 5.41) is 3.92. The summed E-state index contributed by atoms with van der Waals surface area (Å²) in [6.45, 7) is 5.74. The Hall–Kier alpha value is -0.910. The number of anilines is 2. The normalized spacial score (nSPS) is 23.6. The predicted octanol–water partition coefficient (Wildman–Crippen LogP) is 2.69. The van der Waals surface area contributed by atoms with Crippen molar-refractivity contribution >= 4 is 40.6 Å². The van der Waals surface area contributed by atoms with E-state index in [9.17, 15) is 4.79 Å². The lowest BCUT2D eigenvalue weighted by molar-refractivity contribution is -0.117. The van der Waals surface area contributed by atoms with Crippen LogP contribution in [0.25, 0.3) is 0 Å². The lowest BCUT2D eigenvalue weighted by Crippen LogP contribution is -2.47. The Morgan fingerprint density at radius 1 is 1.55 bits per heavy atom. The Balaban J connectivity index is 1.93. The highest BCUT2D eigenvalue weighted by atomic mass is 35.5. The molecule has 4 nitrogen and oxygen atoms in total. The van der Waals surface area contributed by atoms with E-state index < -0.39 is 0 Å². The van der Waals surface area contributed by atoms with Crippen molar-refractivity contribution in [3.8, 4) is 0 Å². The summed E-state index contributed by atoms with van der Waals surface area (Å²) in [6.07, 6.45) is 0. The number of nitrogen functional groups attached to an aromatic ring is 1. The van der Waals surface area contributed by atoms with Gasteiger partial charge >= 0.3 is 0 Å². The quantitative estimate of drug-likeness (QED) is 0.842. The Bertz CT molecular complexity index is 497. The second kappa shape index (κ2) is 6.70. The molecule has 0 spiro atoms. The number of nitrogens with two attached hydrogens (primary N) is 1. The van der Waals surface area contributed by atoms with Gasteiger partial charge in [-0.2, -0.15) is 11.8 Å². The van der Waals surface area contributed by atoms with Crippen LogP contribution < -0.4 is 11.1 Å². The molecule has 1 saturated heterocycles. The van der Waals surface area contributed by atoms with Gasteiger partial charge < -0.3 is 11.1 Å². The highest BCUT2D eigenvalue weighted by Gasteiger charge is 2.26. The second-order valence-corrected chi connectivity index (χ2v) is 6.96. The molecule has 2 unspecified atom stereocenters. The van der Waals surface area contributed by atoms with Crippen molar-refractivity contribution in [1.82, 2.24) is 4.90 Å². The minimum absolute atomic E-state index is 0.0160. The highest BCUT2D eigenvalue weighted by molar-refractivity contribution is 8.00. The number of amides is 1. The van der Waals surface area contributed by atoms with Crippen LogP contribution in [0.5, 0.6) is 0 Å². The Morgan fingerprint density at radius 3 is 3.00 bits per heavy atom. The fourth-order valence-electron chi connectivity index (χ4n) is 2.23. The van der Waals surface area contributed by atoms with E-state index in [1.54, 1.807) is 18.2 Å². The zero-order valence-corrected chi connectivity index (χ0v) is 13.3. The maximum Gasteiger partial charge on any atom is 0.238 e. The molecule has 1 aromatic carbocycles. The molecule has 0 saturated carbocycles. The van der Waals surface area contributed by atoms with Gasteiger partial charge in [0.1, 0.15) is 0 Å². The molecule has 1 fully saturated rings. The molecule has 20 heavy (non-hydrogen) atoms. The molecule has 3 N–H and O–H groups in total. The molecular weight excluding hydrogens is 294 g/mol. The maximum atomic E-state index is 12.1. The first-order valence-electron chi connectivity index (χ1n) is 6.68. The van der Waals surface area contributed by atoms with Crippen LogP contribution in [0.15, 0.2) is 18.2 Å². The Kier molecular flexibility index (Phi) is 5.18. The van der Waals surface area contributed by atoms with Gasteiger partial charge in [0.2, 0.25) is 5.91 Å². The monoisotopic (exact) mass is 313 g/mol. The number of nitrogens with zero attached hydrogens (tertiary/aromatic N) is 1. The van der Waals surface area contributed by atoms with E-state index in [-0.39, 0.29) is 5.91 Å². The van der Waals surface area contributed by atoms with Crippen molar-refractivity contribution < 1.29 is 4.79 Å². The fourth-order valence-corrected chi connectivity index (χ4v) is 3.51. The minimum Gasteiger partial charge on any atom is -0.397 e. The largest absolute Gasteiger partial charge is 0.397 e. The standard InChI is InChI=1S/C14H20ClN3OS/c1-9-10(2)20-6-5-18(9)8-14(19)17-11-3-4-12(15)13(16)7-11/h3-4,7,9-10H,5-6,8,16H2,1-2H3,(H,17,19).